The number of piperidine rings is 2. The summed E-state index contributed by atoms with van der Waals surface area (Å²) in [6.07, 6.45) is 3.84. The number of alkyl halides is 1. The van der Waals surface area contributed by atoms with Crippen molar-refractivity contribution in [2.24, 2.45) is 5.92 Å². The second-order valence-electron chi connectivity index (χ2n) is 4.83. The number of hydrogen-bond acceptors (Lipinski definition) is 1. The van der Waals surface area contributed by atoms with Gasteiger partial charge in [-0.15, -0.1) is 0 Å². The van der Waals surface area contributed by atoms with Crippen molar-refractivity contribution in [1.29, 1.82) is 0 Å². The Kier molecular flexibility index (Phi) is 1.90. The van der Waals surface area contributed by atoms with Gasteiger partial charge in [-0.2, -0.15) is 0 Å². The van der Waals surface area contributed by atoms with Gasteiger partial charge in [-0.3, -0.25) is 0 Å². The third kappa shape index (κ3) is 1.26. The van der Waals surface area contributed by atoms with Crippen molar-refractivity contribution in [2.75, 3.05) is 0 Å². The predicted molar refractivity (Wildman–Crippen MR) is 47.9 cm³/mol. The maximum absolute atomic E-state index is 13.6. The number of hydrogen-bond donors (Lipinski definition) is 1. The lowest BCUT2D eigenvalue weighted by atomic mass is 9.72. The summed E-state index contributed by atoms with van der Waals surface area (Å²) in [4.78, 5) is 0. The molecule has 0 aromatic carbocycles. The van der Waals surface area contributed by atoms with Gasteiger partial charge in [0.2, 0.25) is 0 Å². The van der Waals surface area contributed by atoms with E-state index in [9.17, 15) is 4.39 Å². The van der Waals surface area contributed by atoms with Gasteiger partial charge >= 0.3 is 0 Å². The van der Waals surface area contributed by atoms with Gasteiger partial charge in [0.05, 0.1) is 0 Å². The minimum absolute atomic E-state index is 0.146. The molecule has 2 heteroatoms. The lowest BCUT2D eigenvalue weighted by Gasteiger charge is -2.48. The first-order chi connectivity index (χ1) is 5.61. The summed E-state index contributed by atoms with van der Waals surface area (Å²) in [5.74, 6) is 0.251. The van der Waals surface area contributed by atoms with Crippen molar-refractivity contribution in [3.63, 3.8) is 0 Å². The molecule has 0 aliphatic carbocycles. The van der Waals surface area contributed by atoms with E-state index < -0.39 is 6.17 Å². The molecule has 4 atom stereocenters. The second kappa shape index (κ2) is 2.69. The highest BCUT2D eigenvalue weighted by Crippen LogP contribution is 2.37. The highest BCUT2D eigenvalue weighted by molar-refractivity contribution is 5.01. The molecule has 0 aromatic heterocycles. The van der Waals surface area contributed by atoms with Crippen LogP contribution in [0.25, 0.3) is 0 Å². The van der Waals surface area contributed by atoms with Crippen LogP contribution in [0.4, 0.5) is 4.39 Å². The molecule has 12 heavy (non-hydrogen) atoms. The molecule has 2 aliphatic rings. The summed E-state index contributed by atoms with van der Waals surface area (Å²) < 4.78 is 13.6. The van der Waals surface area contributed by atoms with Gasteiger partial charge in [0.1, 0.15) is 6.17 Å². The molecule has 2 aliphatic heterocycles. The molecule has 2 saturated heterocycles. The third-order valence-corrected chi connectivity index (χ3v) is 3.48. The van der Waals surface area contributed by atoms with Gasteiger partial charge in [-0.1, -0.05) is 6.92 Å². The van der Waals surface area contributed by atoms with Gasteiger partial charge in [-0.25, -0.2) is 4.39 Å². The fraction of sp³-hybridized carbons (Fsp3) is 1.00. The van der Waals surface area contributed by atoms with Crippen LogP contribution < -0.4 is 5.32 Å². The third-order valence-electron chi connectivity index (χ3n) is 3.48. The Morgan fingerprint density at radius 1 is 1.50 bits per heavy atom. The summed E-state index contributed by atoms with van der Waals surface area (Å²) in [5, 5.41) is 3.43. The average molecular weight is 171 g/mol. The highest BCUT2D eigenvalue weighted by atomic mass is 19.1. The van der Waals surface area contributed by atoms with Crippen LogP contribution in [-0.4, -0.2) is 17.8 Å². The molecule has 0 amide bonds. The molecule has 2 bridgehead atoms. The monoisotopic (exact) mass is 171 g/mol. The lowest BCUT2D eigenvalue weighted by molar-refractivity contribution is 0.0375. The Hall–Kier alpha value is -0.110. The van der Waals surface area contributed by atoms with E-state index in [2.05, 4.69) is 12.2 Å². The summed E-state index contributed by atoms with van der Waals surface area (Å²) >= 11 is 0. The van der Waals surface area contributed by atoms with Gasteiger partial charge < -0.3 is 5.32 Å². The standard InChI is InChI=1S/C10H18FN/c1-7-6-10(2)5-3-4-8(12-10)9(7)11/h7-9,12H,3-6H2,1-2H3/t7?,8?,9-,10-/m1/s1. The Morgan fingerprint density at radius 3 is 3.00 bits per heavy atom. The van der Waals surface area contributed by atoms with Crippen LogP contribution in [0.1, 0.15) is 39.5 Å². The normalized spacial score (nSPS) is 53.8. The molecule has 0 saturated carbocycles. The van der Waals surface area contributed by atoms with Crippen LogP contribution in [0.3, 0.4) is 0 Å². The van der Waals surface area contributed by atoms with Gasteiger partial charge in [-0.05, 0) is 38.5 Å². The number of nitrogens with one attached hydrogen (secondary N) is 1. The van der Waals surface area contributed by atoms with E-state index in [1.807, 2.05) is 6.92 Å². The molecule has 2 rings (SSSR count). The molecule has 0 radical (unpaired) electrons. The van der Waals surface area contributed by atoms with Crippen LogP contribution >= 0.6 is 0 Å². The molecule has 1 nitrogen and oxygen atoms in total. The van der Waals surface area contributed by atoms with Crippen LogP contribution in [-0.2, 0) is 0 Å². The summed E-state index contributed by atoms with van der Waals surface area (Å²) in [6, 6.07) is 0.146. The average Bonchev–Trinajstić information content (AvgIpc) is 2.00. The first-order valence-electron chi connectivity index (χ1n) is 5.02. The van der Waals surface area contributed by atoms with E-state index in [4.69, 9.17) is 0 Å². The van der Waals surface area contributed by atoms with E-state index in [0.717, 1.165) is 12.8 Å². The minimum atomic E-state index is -0.613. The summed E-state index contributed by atoms with van der Waals surface area (Å²) in [7, 11) is 0. The molecule has 0 aromatic rings. The molecule has 2 unspecified atom stereocenters. The number of rotatable bonds is 0. The quantitative estimate of drug-likeness (QED) is 0.589. The van der Waals surface area contributed by atoms with Crippen LogP contribution in [0.2, 0.25) is 0 Å². The summed E-state index contributed by atoms with van der Waals surface area (Å²) in [5.41, 5.74) is 0.241. The topological polar surface area (TPSA) is 12.0 Å². The highest BCUT2D eigenvalue weighted by Gasteiger charge is 2.43. The zero-order chi connectivity index (χ0) is 8.77. The maximum atomic E-state index is 13.6. The zero-order valence-corrected chi connectivity index (χ0v) is 7.94. The predicted octanol–water partition coefficient (Wildman–Crippen LogP) is 2.27. The Labute approximate surface area is 73.7 Å². The Balaban J connectivity index is 2.14. The maximum Gasteiger partial charge on any atom is 0.118 e. The van der Waals surface area contributed by atoms with E-state index in [1.54, 1.807) is 0 Å². The first-order valence-corrected chi connectivity index (χ1v) is 5.02. The fourth-order valence-electron chi connectivity index (χ4n) is 2.92. The lowest BCUT2D eigenvalue weighted by Crippen LogP contribution is -2.61. The molecule has 70 valence electrons. The number of halogens is 1. The van der Waals surface area contributed by atoms with Crippen LogP contribution in [0, 0.1) is 5.92 Å². The smallest absolute Gasteiger partial charge is 0.118 e. The van der Waals surface area contributed by atoms with Crippen LogP contribution in [0.5, 0.6) is 0 Å². The van der Waals surface area contributed by atoms with E-state index in [0.29, 0.717) is 0 Å². The van der Waals surface area contributed by atoms with Crippen molar-refractivity contribution in [3.8, 4) is 0 Å². The van der Waals surface area contributed by atoms with Crippen molar-refractivity contribution in [2.45, 2.75) is 57.3 Å². The number of fused-ring (bicyclic) bond motifs is 2. The van der Waals surface area contributed by atoms with Crippen LogP contribution in [0.15, 0.2) is 0 Å². The molecule has 2 heterocycles. The van der Waals surface area contributed by atoms with E-state index in [-0.39, 0.29) is 17.5 Å². The van der Waals surface area contributed by atoms with Gasteiger partial charge in [0.15, 0.2) is 0 Å². The molecular weight excluding hydrogens is 153 g/mol. The van der Waals surface area contributed by atoms with E-state index >= 15 is 0 Å². The molecule has 1 N–H and O–H groups in total. The molecule has 2 fully saturated rings. The zero-order valence-electron chi connectivity index (χ0n) is 7.94. The molecular formula is C10H18FN. The van der Waals surface area contributed by atoms with Crippen molar-refractivity contribution in [3.05, 3.63) is 0 Å². The first kappa shape index (κ1) is 8.49. The van der Waals surface area contributed by atoms with Gasteiger partial charge in [0, 0.05) is 11.6 Å². The Morgan fingerprint density at radius 2 is 2.25 bits per heavy atom. The summed E-state index contributed by atoms with van der Waals surface area (Å²) in [6.45, 7) is 4.28. The largest absolute Gasteiger partial charge is 0.306 e. The Bertz CT molecular complexity index is 179. The van der Waals surface area contributed by atoms with Crippen molar-refractivity contribution in [1.82, 2.24) is 5.32 Å². The molecule has 0 spiro atoms. The minimum Gasteiger partial charge on any atom is -0.306 e. The van der Waals surface area contributed by atoms with E-state index in [1.165, 1.54) is 12.8 Å². The second-order valence-corrected chi connectivity index (χ2v) is 4.83. The van der Waals surface area contributed by atoms with Crippen molar-refractivity contribution < 1.29 is 4.39 Å². The van der Waals surface area contributed by atoms with Gasteiger partial charge in [0.25, 0.3) is 0 Å². The fourth-order valence-corrected chi connectivity index (χ4v) is 2.92. The van der Waals surface area contributed by atoms with Crippen molar-refractivity contribution >= 4 is 0 Å². The SMILES string of the molecule is CC1C[C@@]2(C)CCCC(N2)[C@@H]1F.